The highest BCUT2D eigenvalue weighted by Gasteiger charge is 2.18. The predicted molar refractivity (Wildman–Crippen MR) is 106 cm³/mol. The number of carbonyl (C=O) groups is 1. The molecule has 3 N–H and O–H groups in total. The summed E-state index contributed by atoms with van der Waals surface area (Å²) in [7, 11) is 2.10. The lowest BCUT2D eigenvalue weighted by atomic mass is 10.2. The molecular weight excluding hydrogens is 360 g/mol. The van der Waals surface area contributed by atoms with Crippen LogP contribution in [0.25, 0.3) is 0 Å². The van der Waals surface area contributed by atoms with E-state index in [1.165, 1.54) is 0 Å². The smallest absolute Gasteiger partial charge is 0.251 e. The number of nitrogens with zero attached hydrogens (tertiary/aromatic N) is 6. The highest BCUT2D eigenvalue weighted by atomic mass is 16.3. The molecule has 1 fully saturated rings. The van der Waals surface area contributed by atoms with Crippen molar-refractivity contribution in [2.24, 2.45) is 0 Å². The molecule has 28 heavy (non-hydrogen) atoms. The number of piperazine rings is 1. The van der Waals surface area contributed by atoms with Crippen LogP contribution < -0.4 is 15.5 Å². The highest BCUT2D eigenvalue weighted by molar-refractivity contribution is 5.94. The van der Waals surface area contributed by atoms with Crippen molar-refractivity contribution in [2.75, 3.05) is 56.6 Å². The number of rotatable bonds is 7. The summed E-state index contributed by atoms with van der Waals surface area (Å²) in [6, 6.07) is 3.23. The second kappa shape index (κ2) is 9.38. The molecule has 10 nitrogen and oxygen atoms in total. The number of aryl methyl sites for hydroxylation is 1. The molecule has 1 aliphatic heterocycles. The van der Waals surface area contributed by atoms with Crippen molar-refractivity contribution in [2.45, 2.75) is 13.3 Å². The molecule has 1 amide bonds. The predicted octanol–water partition coefficient (Wildman–Crippen LogP) is 0.0465. The van der Waals surface area contributed by atoms with Gasteiger partial charge in [-0.3, -0.25) is 4.79 Å². The molecular formula is C18H26N8O2. The summed E-state index contributed by atoms with van der Waals surface area (Å²) in [6.07, 6.45) is 2.23. The molecule has 1 saturated heterocycles. The van der Waals surface area contributed by atoms with Crippen LogP contribution >= 0.6 is 0 Å². The maximum atomic E-state index is 12.1. The van der Waals surface area contributed by atoms with Crippen LogP contribution in [0.5, 0.6) is 0 Å². The van der Waals surface area contributed by atoms with E-state index in [1.54, 1.807) is 18.3 Å². The Morgan fingerprint density at radius 3 is 2.71 bits per heavy atom. The molecule has 3 heterocycles. The molecule has 0 aromatic carbocycles. The Balaban J connectivity index is 1.78. The van der Waals surface area contributed by atoms with E-state index >= 15 is 0 Å². The van der Waals surface area contributed by atoms with Gasteiger partial charge in [-0.15, -0.1) is 0 Å². The summed E-state index contributed by atoms with van der Waals surface area (Å²) in [6.45, 7) is 5.74. The number of anilines is 3. The first-order valence-corrected chi connectivity index (χ1v) is 9.39. The van der Waals surface area contributed by atoms with Crippen LogP contribution in [0.4, 0.5) is 17.7 Å². The highest BCUT2D eigenvalue weighted by Crippen LogP contribution is 2.17. The number of hydrogen-bond donors (Lipinski definition) is 3. The zero-order chi connectivity index (χ0) is 19.9. The average molecular weight is 386 g/mol. The molecule has 0 saturated carbocycles. The standard InChI is InChI=1S/C18H26N8O2/c1-3-14-21-17(24-18(23-14)26-9-7-25(2)8-10-26)22-15-12-13(4-5-19-15)16(28)20-6-11-27/h4-5,12,27H,3,6-11H2,1-2H3,(H,20,28)(H,19,21,22,23,24). The van der Waals surface area contributed by atoms with Gasteiger partial charge in [0.2, 0.25) is 11.9 Å². The number of aliphatic hydroxyl groups excluding tert-OH is 1. The Kier molecular flexibility index (Phi) is 6.66. The largest absolute Gasteiger partial charge is 0.395 e. The lowest BCUT2D eigenvalue weighted by Gasteiger charge is -2.32. The molecule has 10 heteroatoms. The first-order chi connectivity index (χ1) is 13.6. The van der Waals surface area contributed by atoms with Crippen molar-refractivity contribution < 1.29 is 9.90 Å². The van der Waals surface area contributed by atoms with Gasteiger partial charge < -0.3 is 25.5 Å². The van der Waals surface area contributed by atoms with E-state index in [0.29, 0.717) is 35.5 Å². The third-order valence-corrected chi connectivity index (χ3v) is 4.43. The van der Waals surface area contributed by atoms with Crippen LogP contribution in [0.1, 0.15) is 23.1 Å². The van der Waals surface area contributed by atoms with Crippen molar-refractivity contribution in [1.82, 2.24) is 30.2 Å². The van der Waals surface area contributed by atoms with Gasteiger partial charge in [0.1, 0.15) is 11.6 Å². The molecule has 0 unspecified atom stereocenters. The fourth-order valence-electron chi connectivity index (χ4n) is 2.80. The molecule has 1 aliphatic rings. The Labute approximate surface area is 164 Å². The topological polar surface area (TPSA) is 119 Å². The molecule has 0 bridgehead atoms. The Morgan fingerprint density at radius 1 is 1.21 bits per heavy atom. The maximum Gasteiger partial charge on any atom is 0.251 e. The van der Waals surface area contributed by atoms with Crippen molar-refractivity contribution in [1.29, 1.82) is 0 Å². The molecule has 3 rings (SSSR count). The SMILES string of the molecule is CCc1nc(Nc2cc(C(=O)NCCO)ccn2)nc(N2CCN(C)CC2)n1. The normalized spacial score (nSPS) is 14.8. The van der Waals surface area contributed by atoms with Crippen LogP contribution in [-0.4, -0.2) is 82.2 Å². The summed E-state index contributed by atoms with van der Waals surface area (Å²) in [5.74, 6) is 1.94. The summed E-state index contributed by atoms with van der Waals surface area (Å²) in [4.78, 5) is 34.3. The fraction of sp³-hybridized carbons (Fsp3) is 0.500. The second-order valence-corrected chi connectivity index (χ2v) is 6.55. The second-order valence-electron chi connectivity index (χ2n) is 6.55. The molecule has 2 aromatic heterocycles. The minimum atomic E-state index is -0.275. The van der Waals surface area contributed by atoms with Gasteiger partial charge in [-0.05, 0) is 19.2 Å². The third kappa shape index (κ3) is 5.11. The van der Waals surface area contributed by atoms with Crippen LogP contribution in [0.3, 0.4) is 0 Å². The van der Waals surface area contributed by atoms with E-state index in [2.05, 4.69) is 47.4 Å². The zero-order valence-electron chi connectivity index (χ0n) is 16.2. The van der Waals surface area contributed by atoms with E-state index in [-0.39, 0.29) is 19.1 Å². The number of aromatic nitrogens is 4. The van der Waals surface area contributed by atoms with E-state index in [1.807, 2.05) is 6.92 Å². The number of amides is 1. The quantitative estimate of drug-likeness (QED) is 0.606. The van der Waals surface area contributed by atoms with Crippen LogP contribution in [0.15, 0.2) is 18.3 Å². The van der Waals surface area contributed by atoms with Crippen molar-refractivity contribution in [3.05, 3.63) is 29.7 Å². The Bertz CT molecular complexity index is 808. The van der Waals surface area contributed by atoms with Gasteiger partial charge >= 0.3 is 0 Å². The lowest BCUT2D eigenvalue weighted by Crippen LogP contribution is -2.45. The first-order valence-electron chi connectivity index (χ1n) is 9.39. The number of aliphatic hydroxyl groups is 1. The minimum absolute atomic E-state index is 0.109. The molecule has 0 aliphatic carbocycles. The molecule has 150 valence electrons. The summed E-state index contributed by atoms with van der Waals surface area (Å²) in [5.41, 5.74) is 0.440. The molecule has 0 atom stereocenters. The monoisotopic (exact) mass is 386 g/mol. The van der Waals surface area contributed by atoms with Crippen molar-refractivity contribution >= 4 is 23.6 Å². The van der Waals surface area contributed by atoms with Crippen LogP contribution in [-0.2, 0) is 6.42 Å². The number of nitrogens with one attached hydrogen (secondary N) is 2. The zero-order valence-corrected chi connectivity index (χ0v) is 16.2. The minimum Gasteiger partial charge on any atom is -0.395 e. The summed E-state index contributed by atoms with van der Waals surface area (Å²) in [5, 5.41) is 14.5. The van der Waals surface area contributed by atoms with Gasteiger partial charge in [-0.25, -0.2) is 4.98 Å². The van der Waals surface area contributed by atoms with Gasteiger partial charge in [0.25, 0.3) is 5.91 Å². The summed E-state index contributed by atoms with van der Waals surface area (Å²) >= 11 is 0. The third-order valence-electron chi connectivity index (χ3n) is 4.43. The summed E-state index contributed by atoms with van der Waals surface area (Å²) < 4.78 is 0. The number of carbonyl (C=O) groups excluding carboxylic acids is 1. The van der Waals surface area contributed by atoms with Gasteiger partial charge in [0, 0.05) is 50.9 Å². The van der Waals surface area contributed by atoms with Crippen molar-refractivity contribution in [3.8, 4) is 0 Å². The lowest BCUT2D eigenvalue weighted by molar-refractivity contribution is 0.0944. The van der Waals surface area contributed by atoms with Crippen LogP contribution in [0, 0.1) is 0 Å². The number of hydrogen-bond acceptors (Lipinski definition) is 9. The van der Waals surface area contributed by atoms with E-state index in [0.717, 1.165) is 26.2 Å². The molecule has 2 aromatic rings. The first kappa shape index (κ1) is 19.9. The average Bonchev–Trinajstić information content (AvgIpc) is 2.72. The van der Waals surface area contributed by atoms with Crippen LogP contribution in [0.2, 0.25) is 0 Å². The molecule has 0 spiro atoms. The van der Waals surface area contributed by atoms with Gasteiger partial charge in [0.15, 0.2) is 0 Å². The van der Waals surface area contributed by atoms with Gasteiger partial charge in [0.05, 0.1) is 6.61 Å². The molecule has 0 radical (unpaired) electrons. The van der Waals surface area contributed by atoms with E-state index in [4.69, 9.17) is 5.11 Å². The van der Waals surface area contributed by atoms with Gasteiger partial charge in [-0.1, -0.05) is 6.92 Å². The Hall–Kier alpha value is -2.85. The maximum absolute atomic E-state index is 12.1. The van der Waals surface area contributed by atoms with Crippen molar-refractivity contribution in [3.63, 3.8) is 0 Å². The van der Waals surface area contributed by atoms with E-state index in [9.17, 15) is 4.79 Å². The number of pyridine rings is 1. The Morgan fingerprint density at radius 2 is 2.00 bits per heavy atom. The van der Waals surface area contributed by atoms with E-state index < -0.39 is 0 Å². The fourth-order valence-corrected chi connectivity index (χ4v) is 2.80. The van der Waals surface area contributed by atoms with Gasteiger partial charge in [-0.2, -0.15) is 15.0 Å². The number of likely N-dealkylation sites (N-methyl/N-ethyl adjacent to an activating group) is 1.